The molecule has 0 aliphatic carbocycles. The van der Waals surface area contributed by atoms with Crippen LogP contribution in [0.4, 0.5) is 5.95 Å². The van der Waals surface area contributed by atoms with Crippen LogP contribution in [0.25, 0.3) is 11.2 Å². The molecule has 150 valence electrons. The Bertz CT molecular complexity index is 992. The van der Waals surface area contributed by atoms with Crippen molar-refractivity contribution in [1.82, 2.24) is 19.5 Å². The van der Waals surface area contributed by atoms with Crippen LogP contribution in [-0.2, 0) is 27.0 Å². The minimum Gasteiger partial charge on any atom is -0.479 e. The van der Waals surface area contributed by atoms with E-state index in [2.05, 4.69) is 15.0 Å². The maximum absolute atomic E-state index is 12.1. The molecule has 10 nitrogen and oxygen atoms in total. The highest BCUT2D eigenvalue weighted by atomic mass is 31.2. The number of anilines is 1. The topological polar surface area (TPSA) is 135 Å². The van der Waals surface area contributed by atoms with Gasteiger partial charge in [-0.2, -0.15) is 9.97 Å². The number of hydrogen-bond acceptors (Lipinski definition) is 8. The third kappa shape index (κ3) is 5.05. The lowest BCUT2D eigenvalue weighted by atomic mass is 10.2. The van der Waals surface area contributed by atoms with E-state index in [1.54, 1.807) is 10.9 Å². The molecule has 0 radical (unpaired) electrons. The van der Waals surface area contributed by atoms with Gasteiger partial charge in [-0.1, -0.05) is 29.8 Å². The highest BCUT2D eigenvalue weighted by Gasteiger charge is 2.20. The lowest BCUT2D eigenvalue weighted by Crippen LogP contribution is -2.08. The first kappa shape index (κ1) is 20.2. The molecule has 3 rings (SSSR count). The van der Waals surface area contributed by atoms with Gasteiger partial charge in [0.1, 0.15) is 6.35 Å². The Morgan fingerprint density at radius 2 is 2.00 bits per heavy atom. The van der Waals surface area contributed by atoms with Gasteiger partial charge in [-0.15, -0.1) is 0 Å². The third-order valence-electron chi connectivity index (χ3n) is 3.93. The van der Waals surface area contributed by atoms with Crippen molar-refractivity contribution in [1.29, 1.82) is 0 Å². The molecule has 0 spiro atoms. The molecule has 0 aliphatic heterocycles. The molecule has 0 saturated carbocycles. The molecular weight excluding hydrogens is 385 g/mol. The van der Waals surface area contributed by atoms with Crippen molar-refractivity contribution in [3.8, 4) is 5.88 Å². The predicted molar refractivity (Wildman–Crippen MR) is 103 cm³/mol. The van der Waals surface area contributed by atoms with E-state index in [1.165, 1.54) is 7.11 Å². The number of hydrogen-bond donors (Lipinski definition) is 2. The van der Waals surface area contributed by atoms with E-state index in [1.807, 2.05) is 31.2 Å². The van der Waals surface area contributed by atoms with E-state index < -0.39 is 13.9 Å². The molecule has 3 N–H and O–H groups in total. The van der Waals surface area contributed by atoms with Crippen LogP contribution >= 0.6 is 7.60 Å². The van der Waals surface area contributed by atoms with Gasteiger partial charge < -0.3 is 29.2 Å². The monoisotopic (exact) mass is 407 g/mol. The van der Waals surface area contributed by atoms with Crippen molar-refractivity contribution < 1.29 is 23.5 Å². The predicted octanol–water partition coefficient (Wildman–Crippen LogP) is 2.10. The van der Waals surface area contributed by atoms with E-state index in [0.717, 1.165) is 11.1 Å². The van der Waals surface area contributed by atoms with Crippen molar-refractivity contribution in [2.24, 2.45) is 0 Å². The van der Waals surface area contributed by atoms with E-state index >= 15 is 0 Å². The fraction of sp³-hybridized carbons (Fsp3) is 0.353. The average molecular weight is 407 g/mol. The number of benzene rings is 1. The average Bonchev–Trinajstić information content (AvgIpc) is 3.07. The van der Waals surface area contributed by atoms with E-state index in [-0.39, 0.29) is 25.0 Å². The normalized spacial score (nSPS) is 13.5. The van der Waals surface area contributed by atoms with Crippen LogP contribution < -0.4 is 10.5 Å². The van der Waals surface area contributed by atoms with Gasteiger partial charge in [0.15, 0.2) is 11.2 Å². The Morgan fingerprint density at radius 1 is 1.25 bits per heavy atom. The fourth-order valence-electron chi connectivity index (χ4n) is 2.48. The zero-order chi connectivity index (χ0) is 20.1. The second kappa shape index (κ2) is 8.66. The molecule has 28 heavy (non-hydrogen) atoms. The molecule has 2 heterocycles. The highest BCUT2D eigenvalue weighted by Crippen LogP contribution is 2.42. The van der Waals surface area contributed by atoms with Crippen LogP contribution in [0.5, 0.6) is 5.88 Å². The summed E-state index contributed by atoms with van der Waals surface area (Å²) >= 11 is 0. The number of aromatic nitrogens is 4. The molecule has 0 saturated heterocycles. The van der Waals surface area contributed by atoms with Crippen molar-refractivity contribution >= 4 is 24.7 Å². The molecule has 11 heteroatoms. The van der Waals surface area contributed by atoms with Gasteiger partial charge in [-0.3, -0.25) is 4.57 Å². The maximum Gasteiger partial charge on any atom is 0.353 e. The van der Waals surface area contributed by atoms with E-state index in [9.17, 15) is 9.46 Å². The Morgan fingerprint density at radius 3 is 2.71 bits per heavy atom. The summed E-state index contributed by atoms with van der Waals surface area (Å²) < 4.78 is 29.4. The SMILES string of the molecule is COc1nc(N)nc2c1ncn2CCOCP(=O)(O)OCc1ccc(C)cc1. The van der Waals surface area contributed by atoms with Crippen molar-refractivity contribution in [2.75, 3.05) is 25.8 Å². The minimum atomic E-state index is -3.86. The van der Waals surface area contributed by atoms with Gasteiger partial charge >= 0.3 is 7.60 Å². The second-order valence-corrected chi connectivity index (χ2v) is 7.93. The summed E-state index contributed by atoms with van der Waals surface area (Å²) in [6.07, 6.45) is 1.14. The number of methoxy groups -OCH3 is 1. The Hall–Kier alpha value is -2.52. The van der Waals surface area contributed by atoms with Crippen LogP contribution in [0.1, 0.15) is 11.1 Å². The first-order valence-electron chi connectivity index (χ1n) is 8.50. The van der Waals surface area contributed by atoms with Crippen molar-refractivity contribution in [2.45, 2.75) is 20.1 Å². The summed E-state index contributed by atoms with van der Waals surface area (Å²) in [7, 11) is -2.39. The molecule has 1 unspecified atom stereocenters. The molecule has 0 fully saturated rings. The molecule has 0 bridgehead atoms. The van der Waals surface area contributed by atoms with E-state index in [4.69, 9.17) is 19.7 Å². The summed E-state index contributed by atoms with van der Waals surface area (Å²) in [6, 6.07) is 7.53. The van der Waals surface area contributed by atoms with Crippen molar-refractivity contribution in [3.05, 3.63) is 41.7 Å². The maximum atomic E-state index is 12.1. The lowest BCUT2D eigenvalue weighted by Gasteiger charge is -2.13. The summed E-state index contributed by atoms with van der Waals surface area (Å²) in [5.74, 6) is 0.350. The molecule has 0 amide bonds. The molecule has 0 aliphatic rings. The first-order valence-corrected chi connectivity index (χ1v) is 10.3. The van der Waals surface area contributed by atoms with Gasteiger partial charge in [0.05, 0.1) is 26.7 Å². The van der Waals surface area contributed by atoms with Gasteiger partial charge in [0.2, 0.25) is 11.8 Å². The Balaban J connectivity index is 1.51. The van der Waals surface area contributed by atoms with Gasteiger partial charge in [0, 0.05) is 6.54 Å². The Labute approximate surface area is 161 Å². The largest absolute Gasteiger partial charge is 0.479 e. The van der Waals surface area contributed by atoms with Gasteiger partial charge in [0.25, 0.3) is 0 Å². The number of nitrogens with zero attached hydrogens (tertiary/aromatic N) is 4. The quantitative estimate of drug-likeness (QED) is 0.404. The minimum absolute atomic E-state index is 0.0412. The zero-order valence-electron chi connectivity index (χ0n) is 15.6. The second-order valence-electron chi connectivity index (χ2n) is 6.14. The summed E-state index contributed by atoms with van der Waals surface area (Å²) in [5, 5.41) is 0. The summed E-state index contributed by atoms with van der Waals surface area (Å²) in [5.41, 5.74) is 8.57. The van der Waals surface area contributed by atoms with Crippen LogP contribution in [0.2, 0.25) is 0 Å². The molecule has 1 aromatic carbocycles. The number of imidazole rings is 1. The molecular formula is C17H22N5O5P. The molecule has 2 aromatic heterocycles. The van der Waals surface area contributed by atoms with Gasteiger partial charge in [-0.05, 0) is 12.5 Å². The van der Waals surface area contributed by atoms with E-state index in [0.29, 0.717) is 17.7 Å². The lowest BCUT2D eigenvalue weighted by molar-refractivity contribution is 0.136. The van der Waals surface area contributed by atoms with Crippen LogP contribution in [0.3, 0.4) is 0 Å². The third-order valence-corrected chi connectivity index (χ3v) is 4.97. The highest BCUT2D eigenvalue weighted by molar-refractivity contribution is 7.52. The Kier molecular flexibility index (Phi) is 6.25. The number of rotatable bonds is 9. The number of nitrogens with two attached hydrogens (primary N) is 1. The molecule has 1 atom stereocenters. The fourth-order valence-corrected chi connectivity index (χ4v) is 3.27. The number of aryl methyl sites for hydroxylation is 1. The van der Waals surface area contributed by atoms with Crippen molar-refractivity contribution in [3.63, 3.8) is 0 Å². The number of nitrogen functional groups attached to an aromatic ring is 1. The standard InChI is InChI=1S/C17H22N5O5P/c1-12-3-5-13(6-4-12)9-27-28(23,24)11-26-8-7-22-10-19-14-15(22)20-17(18)21-16(14)25-2/h3-6,10H,7-9,11H2,1-2H3,(H,23,24)(H2,18,20,21). The van der Waals surface area contributed by atoms with Crippen LogP contribution in [0.15, 0.2) is 30.6 Å². The first-order chi connectivity index (χ1) is 13.4. The summed E-state index contributed by atoms with van der Waals surface area (Å²) in [6.45, 7) is 2.53. The van der Waals surface area contributed by atoms with Crippen LogP contribution in [-0.4, -0.2) is 44.5 Å². The molecule has 3 aromatic rings. The van der Waals surface area contributed by atoms with Gasteiger partial charge in [-0.25, -0.2) is 4.98 Å². The number of ether oxygens (including phenoxy) is 2. The number of fused-ring (bicyclic) bond motifs is 1. The zero-order valence-corrected chi connectivity index (χ0v) is 16.5. The van der Waals surface area contributed by atoms with Crippen LogP contribution in [0, 0.1) is 6.92 Å². The summed E-state index contributed by atoms with van der Waals surface area (Å²) in [4.78, 5) is 22.2. The smallest absolute Gasteiger partial charge is 0.353 e.